The van der Waals surface area contributed by atoms with Crippen molar-refractivity contribution in [3.8, 4) is 11.5 Å². The Bertz CT molecular complexity index is 1110. The molecular weight excluding hydrogens is 434 g/mol. The summed E-state index contributed by atoms with van der Waals surface area (Å²) in [6.07, 6.45) is 3.59. The molecule has 2 aliphatic heterocycles. The summed E-state index contributed by atoms with van der Waals surface area (Å²) in [5.41, 5.74) is 6.38. The van der Waals surface area contributed by atoms with E-state index in [-0.39, 0.29) is 0 Å². The first-order chi connectivity index (χ1) is 17.2. The highest BCUT2D eigenvalue weighted by Gasteiger charge is 2.21. The number of para-hydroxylation sites is 2. The number of phenols is 1. The van der Waals surface area contributed by atoms with Crippen LogP contribution in [0.2, 0.25) is 0 Å². The second-order valence-electron chi connectivity index (χ2n) is 9.67. The Hall–Kier alpha value is -3.18. The number of fused-ring (bicyclic) bond motifs is 1. The highest BCUT2D eigenvalue weighted by atomic mass is 16.5. The molecule has 0 saturated carbocycles. The fourth-order valence-electron chi connectivity index (χ4n) is 5.32. The second-order valence-corrected chi connectivity index (χ2v) is 9.67. The predicted molar refractivity (Wildman–Crippen MR) is 144 cm³/mol. The van der Waals surface area contributed by atoms with Gasteiger partial charge in [0.25, 0.3) is 0 Å². The Balaban J connectivity index is 1.24. The van der Waals surface area contributed by atoms with Gasteiger partial charge in [-0.2, -0.15) is 0 Å². The molecule has 0 spiro atoms. The number of ether oxygens (including phenoxy) is 1. The molecule has 35 heavy (non-hydrogen) atoms. The number of nitrogens with zero attached hydrogens (tertiary/aromatic N) is 3. The van der Waals surface area contributed by atoms with Crippen molar-refractivity contribution in [2.45, 2.75) is 39.3 Å². The number of rotatable bonds is 9. The zero-order valence-electron chi connectivity index (χ0n) is 20.8. The van der Waals surface area contributed by atoms with Crippen molar-refractivity contribution < 1.29 is 9.84 Å². The Morgan fingerprint density at radius 3 is 2.51 bits per heavy atom. The van der Waals surface area contributed by atoms with E-state index in [1.165, 1.54) is 54.0 Å². The van der Waals surface area contributed by atoms with Crippen LogP contribution in [0.5, 0.6) is 11.5 Å². The SMILES string of the molecule is CCN(Cc1ccc(OCCN2CCCC2)cc1)c1ccccc1N1CCc2cc(O)ccc2C1. The molecule has 5 nitrogen and oxygen atoms in total. The van der Waals surface area contributed by atoms with Crippen molar-refractivity contribution in [3.05, 3.63) is 83.4 Å². The Labute approximate surface area is 209 Å². The van der Waals surface area contributed by atoms with Crippen molar-refractivity contribution >= 4 is 11.4 Å². The van der Waals surface area contributed by atoms with Crippen LogP contribution in [0.3, 0.4) is 0 Å². The van der Waals surface area contributed by atoms with Gasteiger partial charge in [0.1, 0.15) is 18.1 Å². The van der Waals surface area contributed by atoms with E-state index in [0.717, 1.165) is 51.5 Å². The molecule has 0 radical (unpaired) electrons. The van der Waals surface area contributed by atoms with Gasteiger partial charge in [-0.05, 0) is 92.4 Å². The smallest absolute Gasteiger partial charge is 0.119 e. The van der Waals surface area contributed by atoms with E-state index < -0.39 is 0 Å². The predicted octanol–water partition coefficient (Wildman–Crippen LogP) is 5.46. The highest BCUT2D eigenvalue weighted by Crippen LogP contribution is 2.34. The molecule has 0 aromatic heterocycles. The lowest BCUT2D eigenvalue weighted by molar-refractivity contribution is 0.238. The standard InChI is InChI=1S/C30H37N3O2/c1-2-32(22-24-9-13-28(14-10-24)35-20-19-31-16-5-6-17-31)29-7-3-4-8-30(29)33-18-15-25-21-27(34)12-11-26(25)23-33/h3-4,7-14,21,34H,2,5-6,15-20,22-23H2,1H3. The third-order valence-corrected chi connectivity index (χ3v) is 7.32. The molecule has 1 saturated heterocycles. The summed E-state index contributed by atoms with van der Waals surface area (Å²) >= 11 is 0. The summed E-state index contributed by atoms with van der Waals surface area (Å²) < 4.78 is 6.00. The molecule has 3 aromatic rings. The number of benzene rings is 3. The first-order valence-corrected chi connectivity index (χ1v) is 13.0. The van der Waals surface area contributed by atoms with Crippen molar-refractivity contribution in [3.63, 3.8) is 0 Å². The molecule has 0 aliphatic carbocycles. The zero-order chi connectivity index (χ0) is 24.0. The number of hydrogen-bond acceptors (Lipinski definition) is 5. The van der Waals surface area contributed by atoms with Gasteiger partial charge < -0.3 is 19.6 Å². The number of likely N-dealkylation sites (tertiary alicyclic amines) is 1. The van der Waals surface area contributed by atoms with Gasteiger partial charge in [0, 0.05) is 32.7 Å². The summed E-state index contributed by atoms with van der Waals surface area (Å²) in [5, 5.41) is 9.83. The van der Waals surface area contributed by atoms with E-state index in [1.807, 2.05) is 6.07 Å². The van der Waals surface area contributed by atoms with Crippen LogP contribution in [0, 0.1) is 0 Å². The van der Waals surface area contributed by atoms with Crippen LogP contribution in [-0.4, -0.2) is 49.3 Å². The summed E-state index contributed by atoms with van der Waals surface area (Å²) in [4.78, 5) is 7.40. The largest absolute Gasteiger partial charge is 0.508 e. The van der Waals surface area contributed by atoms with Gasteiger partial charge in [0.05, 0.1) is 11.4 Å². The normalized spacial score (nSPS) is 15.7. The lowest BCUT2D eigenvalue weighted by Gasteiger charge is -2.35. The topological polar surface area (TPSA) is 39.2 Å². The number of anilines is 2. The number of phenolic OH excluding ortho intramolecular Hbond substituents is 1. The Morgan fingerprint density at radius 2 is 1.71 bits per heavy atom. The van der Waals surface area contributed by atoms with Gasteiger partial charge in [0.2, 0.25) is 0 Å². The molecule has 0 atom stereocenters. The quantitative estimate of drug-likeness (QED) is 0.449. The number of hydrogen-bond donors (Lipinski definition) is 1. The molecule has 184 valence electrons. The maximum atomic E-state index is 9.83. The average Bonchev–Trinajstić information content (AvgIpc) is 3.41. The van der Waals surface area contributed by atoms with Crippen LogP contribution in [0.4, 0.5) is 11.4 Å². The van der Waals surface area contributed by atoms with Crippen LogP contribution < -0.4 is 14.5 Å². The van der Waals surface area contributed by atoms with Crippen LogP contribution >= 0.6 is 0 Å². The molecule has 1 N–H and O–H groups in total. The Kier molecular flexibility index (Phi) is 7.43. The average molecular weight is 472 g/mol. The minimum absolute atomic E-state index is 0.359. The third-order valence-electron chi connectivity index (χ3n) is 7.32. The lowest BCUT2D eigenvalue weighted by atomic mass is 9.98. The third kappa shape index (κ3) is 5.73. The molecule has 1 fully saturated rings. The molecule has 5 heteroatoms. The fraction of sp³-hybridized carbons (Fsp3) is 0.400. The molecule has 0 amide bonds. The van der Waals surface area contributed by atoms with Crippen molar-refractivity contribution in [2.75, 3.05) is 49.1 Å². The minimum atomic E-state index is 0.359. The molecule has 3 aromatic carbocycles. The van der Waals surface area contributed by atoms with Crippen LogP contribution in [-0.2, 0) is 19.5 Å². The zero-order valence-corrected chi connectivity index (χ0v) is 20.8. The molecule has 0 bridgehead atoms. The summed E-state index contributed by atoms with van der Waals surface area (Å²) in [7, 11) is 0. The van der Waals surface area contributed by atoms with Gasteiger partial charge in [-0.25, -0.2) is 0 Å². The van der Waals surface area contributed by atoms with Crippen LogP contribution in [0.25, 0.3) is 0 Å². The second kappa shape index (κ2) is 11.0. The van der Waals surface area contributed by atoms with Gasteiger partial charge >= 0.3 is 0 Å². The minimum Gasteiger partial charge on any atom is -0.508 e. The highest BCUT2D eigenvalue weighted by molar-refractivity contribution is 5.72. The van der Waals surface area contributed by atoms with E-state index in [9.17, 15) is 5.11 Å². The van der Waals surface area contributed by atoms with Gasteiger partial charge in [-0.15, -0.1) is 0 Å². The van der Waals surface area contributed by atoms with Crippen molar-refractivity contribution in [1.29, 1.82) is 0 Å². The molecule has 2 heterocycles. The van der Waals surface area contributed by atoms with E-state index in [1.54, 1.807) is 6.07 Å². The lowest BCUT2D eigenvalue weighted by Crippen LogP contribution is -2.32. The van der Waals surface area contributed by atoms with Crippen LogP contribution in [0.1, 0.15) is 36.5 Å². The summed E-state index contributed by atoms with van der Waals surface area (Å²) in [6.45, 7) is 10.0. The van der Waals surface area contributed by atoms with E-state index in [4.69, 9.17) is 4.74 Å². The van der Waals surface area contributed by atoms with Crippen LogP contribution in [0.15, 0.2) is 66.7 Å². The van der Waals surface area contributed by atoms with E-state index in [2.05, 4.69) is 76.2 Å². The fourth-order valence-corrected chi connectivity index (χ4v) is 5.32. The molecule has 0 unspecified atom stereocenters. The maximum Gasteiger partial charge on any atom is 0.119 e. The summed E-state index contributed by atoms with van der Waals surface area (Å²) in [6, 6.07) is 23.1. The molecular formula is C30H37N3O2. The number of aromatic hydroxyl groups is 1. The molecule has 2 aliphatic rings. The van der Waals surface area contributed by atoms with Crippen molar-refractivity contribution in [2.24, 2.45) is 0 Å². The van der Waals surface area contributed by atoms with E-state index in [0.29, 0.717) is 5.75 Å². The first-order valence-electron chi connectivity index (χ1n) is 13.0. The van der Waals surface area contributed by atoms with Crippen molar-refractivity contribution in [1.82, 2.24) is 4.90 Å². The Morgan fingerprint density at radius 1 is 0.914 bits per heavy atom. The van der Waals surface area contributed by atoms with Gasteiger partial charge in [-0.3, -0.25) is 4.90 Å². The summed E-state index contributed by atoms with van der Waals surface area (Å²) in [5.74, 6) is 1.31. The van der Waals surface area contributed by atoms with Gasteiger partial charge in [0.15, 0.2) is 0 Å². The van der Waals surface area contributed by atoms with E-state index >= 15 is 0 Å². The first kappa shape index (κ1) is 23.6. The molecule has 5 rings (SSSR count). The monoisotopic (exact) mass is 471 g/mol. The van der Waals surface area contributed by atoms with Gasteiger partial charge in [-0.1, -0.05) is 30.3 Å². The maximum absolute atomic E-state index is 9.83.